The molecule has 3 nitrogen and oxygen atoms in total. The maximum atomic E-state index is 12.4. The highest BCUT2D eigenvalue weighted by Crippen LogP contribution is 2.45. The molecule has 1 unspecified atom stereocenters. The largest absolute Gasteiger partial charge is 0.497 e. The number of methoxy groups -OCH3 is 1. The normalized spacial score (nSPS) is 19.3. The average Bonchev–Trinajstić information content (AvgIpc) is 3.03. The van der Waals surface area contributed by atoms with Gasteiger partial charge in [-0.05, 0) is 35.9 Å². The molecule has 0 bridgehead atoms. The molecule has 25 heavy (non-hydrogen) atoms. The van der Waals surface area contributed by atoms with Crippen molar-refractivity contribution in [2.75, 3.05) is 7.11 Å². The summed E-state index contributed by atoms with van der Waals surface area (Å²) in [6.07, 6.45) is 3.28. The lowest BCUT2D eigenvalue weighted by Crippen LogP contribution is -2.12. The molecular formula is C21H18O3S. The molecule has 126 valence electrons. The zero-order valence-electron chi connectivity index (χ0n) is 13.9. The average molecular weight is 350 g/mol. The van der Waals surface area contributed by atoms with Crippen molar-refractivity contribution in [1.29, 1.82) is 0 Å². The smallest absolute Gasteiger partial charge is 0.163 e. The first kappa shape index (κ1) is 16.0. The van der Waals surface area contributed by atoms with Crippen LogP contribution in [0.3, 0.4) is 0 Å². The number of allylic oxidation sites excluding steroid dienone is 3. The van der Waals surface area contributed by atoms with Gasteiger partial charge in [0.1, 0.15) is 11.5 Å². The third-order valence-electron chi connectivity index (χ3n) is 4.45. The Balaban J connectivity index is 1.68. The summed E-state index contributed by atoms with van der Waals surface area (Å²) in [6.45, 7) is 0. The molecule has 0 radical (unpaired) electrons. The second-order valence-electron chi connectivity index (χ2n) is 6.01. The molecule has 0 amide bonds. The summed E-state index contributed by atoms with van der Waals surface area (Å²) in [5, 5.41) is 0.834. The highest BCUT2D eigenvalue weighted by atomic mass is 32.2. The third kappa shape index (κ3) is 3.22. The summed E-state index contributed by atoms with van der Waals surface area (Å²) in [4.78, 5) is 13.5. The van der Waals surface area contributed by atoms with Gasteiger partial charge >= 0.3 is 0 Å². The van der Waals surface area contributed by atoms with Gasteiger partial charge in [0.2, 0.25) is 0 Å². The maximum absolute atomic E-state index is 12.4. The van der Waals surface area contributed by atoms with Gasteiger partial charge in [-0.2, -0.15) is 0 Å². The molecule has 2 aliphatic rings. The van der Waals surface area contributed by atoms with E-state index < -0.39 is 0 Å². The van der Waals surface area contributed by atoms with Crippen LogP contribution in [0.2, 0.25) is 0 Å². The van der Waals surface area contributed by atoms with Gasteiger partial charge in [0.05, 0.1) is 7.11 Å². The molecule has 0 saturated heterocycles. The summed E-state index contributed by atoms with van der Waals surface area (Å²) in [5.74, 6) is 1.77. The Kier molecular flexibility index (Phi) is 4.36. The number of hydrogen-bond acceptors (Lipinski definition) is 4. The van der Waals surface area contributed by atoms with E-state index in [4.69, 9.17) is 9.47 Å². The van der Waals surface area contributed by atoms with E-state index in [2.05, 4.69) is 18.2 Å². The standard InChI is InChI=1S/C21H18O3S/c1-23-15-9-7-14(8-10-15)17-13-20(25-16-5-3-2-4-6-16)24-19-12-11-18(22)21(17)19/h2-10,13,17H,11-12H2,1H3. The van der Waals surface area contributed by atoms with Gasteiger partial charge in [0.25, 0.3) is 0 Å². The van der Waals surface area contributed by atoms with Crippen LogP contribution in [0.15, 0.2) is 82.0 Å². The van der Waals surface area contributed by atoms with Gasteiger partial charge < -0.3 is 9.47 Å². The molecule has 4 heteroatoms. The van der Waals surface area contributed by atoms with E-state index in [-0.39, 0.29) is 11.7 Å². The predicted octanol–water partition coefficient (Wildman–Crippen LogP) is 5.06. The van der Waals surface area contributed by atoms with E-state index in [1.54, 1.807) is 18.9 Å². The Morgan fingerprint density at radius 2 is 1.80 bits per heavy atom. The SMILES string of the molecule is COc1ccc(C2C=C(Sc3ccccc3)OC3=C2C(=O)CC3)cc1. The van der Waals surface area contributed by atoms with E-state index >= 15 is 0 Å². The zero-order chi connectivity index (χ0) is 17.2. The molecular weight excluding hydrogens is 332 g/mol. The van der Waals surface area contributed by atoms with Crippen LogP contribution in [0.25, 0.3) is 0 Å². The van der Waals surface area contributed by atoms with Gasteiger partial charge in [0.15, 0.2) is 10.9 Å². The molecule has 0 saturated carbocycles. The summed E-state index contributed by atoms with van der Waals surface area (Å²) < 4.78 is 11.3. The first-order valence-electron chi connectivity index (χ1n) is 8.27. The molecule has 4 rings (SSSR count). The van der Waals surface area contributed by atoms with E-state index in [1.165, 1.54) is 0 Å². The van der Waals surface area contributed by atoms with E-state index in [1.807, 2.05) is 42.5 Å². The molecule has 2 aromatic carbocycles. The monoisotopic (exact) mass is 350 g/mol. The minimum Gasteiger partial charge on any atom is -0.497 e. The number of Topliss-reactive ketones (excluding diaryl/α,β-unsaturated/α-hetero) is 1. The minimum absolute atomic E-state index is 0.0594. The van der Waals surface area contributed by atoms with E-state index in [0.29, 0.717) is 12.8 Å². The molecule has 0 fully saturated rings. The topological polar surface area (TPSA) is 35.5 Å². The fourth-order valence-corrected chi connectivity index (χ4v) is 4.09. The zero-order valence-corrected chi connectivity index (χ0v) is 14.7. The first-order valence-corrected chi connectivity index (χ1v) is 9.09. The Morgan fingerprint density at radius 3 is 2.52 bits per heavy atom. The number of rotatable bonds is 4. The van der Waals surface area contributed by atoms with Crippen molar-refractivity contribution in [3.8, 4) is 5.75 Å². The number of benzene rings is 2. The summed E-state index contributed by atoms with van der Waals surface area (Å²) in [5.41, 5.74) is 1.89. The Morgan fingerprint density at radius 1 is 1.04 bits per heavy atom. The summed E-state index contributed by atoms with van der Waals surface area (Å²) in [7, 11) is 1.65. The quantitative estimate of drug-likeness (QED) is 0.772. The molecule has 1 aliphatic heterocycles. The molecule has 2 aromatic rings. The van der Waals surface area contributed by atoms with Crippen molar-refractivity contribution in [2.45, 2.75) is 23.7 Å². The van der Waals surface area contributed by atoms with Crippen LogP contribution in [0.1, 0.15) is 24.3 Å². The lowest BCUT2D eigenvalue weighted by atomic mass is 9.89. The highest BCUT2D eigenvalue weighted by molar-refractivity contribution is 8.02. The number of thioether (sulfide) groups is 1. The van der Waals surface area contributed by atoms with Gasteiger partial charge in [-0.3, -0.25) is 4.79 Å². The highest BCUT2D eigenvalue weighted by Gasteiger charge is 2.35. The number of carbonyl (C=O) groups is 1. The molecule has 1 atom stereocenters. The van der Waals surface area contributed by atoms with Gasteiger partial charge in [-0.15, -0.1) is 0 Å². The number of ether oxygens (including phenoxy) is 2. The molecule has 1 heterocycles. The lowest BCUT2D eigenvalue weighted by molar-refractivity contribution is -0.115. The number of hydrogen-bond donors (Lipinski definition) is 0. The maximum Gasteiger partial charge on any atom is 0.163 e. The summed E-state index contributed by atoms with van der Waals surface area (Å²) >= 11 is 1.59. The van der Waals surface area contributed by atoms with E-state index in [9.17, 15) is 4.79 Å². The van der Waals surface area contributed by atoms with Crippen molar-refractivity contribution in [1.82, 2.24) is 0 Å². The molecule has 0 N–H and O–H groups in total. The van der Waals surface area contributed by atoms with Crippen LogP contribution in [0.4, 0.5) is 0 Å². The second-order valence-corrected chi connectivity index (χ2v) is 7.09. The third-order valence-corrected chi connectivity index (χ3v) is 5.38. The summed E-state index contributed by atoms with van der Waals surface area (Å²) in [6, 6.07) is 18.0. The van der Waals surface area contributed by atoms with Gasteiger partial charge in [-0.1, -0.05) is 42.1 Å². The fraction of sp³-hybridized carbons (Fsp3) is 0.190. The second kappa shape index (κ2) is 6.81. The predicted molar refractivity (Wildman–Crippen MR) is 98.5 cm³/mol. The van der Waals surface area contributed by atoms with Crippen LogP contribution in [-0.4, -0.2) is 12.9 Å². The van der Waals surface area contributed by atoms with Crippen LogP contribution in [0, 0.1) is 0 Å². The number of carbonyl (C=O) groups excluding carboxylic acids is 1. The van der Waals surface area contributed by atoms with Crippen molar-refractivity contribution < 1.29 is 14.3 Å². The van der Waals surface area contributed by atoms with Crippen LogP contribution >= 0.6 is 11.8 Å². The van der Waals surface area contributed by atoms with Gasteiger partial charge in [0, 0.05) is 29.2 Å². The van der Waals surface area contributed by atoms with Crippen molar-refractivity contribution in [3.63, 3.8) is 0 Å². The van der Waals surface area contributed by atoms with Gasteiger partial charge in [-0.25, -0.2) is 0 Å². The Labute approximate surface area is 151 Å². The van der Waals surface area contributed by atoms with Crippen LogP contribution in [0.5, 0.6) is 5.75 Å². The number of ketones is 1. The lowest BCUT2D eigenvalue weighted by Gasteiger charge is -2.23. The Hall–Kier alpha value is -2.46. The molecule has 0 aromatic heterocycles. The van der Waals surface area contributed by atoms with Crippen molar-refractivity contribution in [2.24, 2.45) is 0 Å². The minimum atomic E-state index is -0.0594. The van der Waals surface area contributed by atoms with Crippen LogP contribution in [-0.2, 0) is 9.53 Å². The van der Waals surface area contributed by atoms with Crippen LogP contribution < -0.4 is 4.74 Å². The van der Waals surface area contributed by atoms with E-state index in [0.717, 1.165) is 32.6 Å². The Bertz CT molecular complexity index is 850. The first-order chi connectivity index (χ1) is 12.2. The molecule has 0 spiro atoms. The molecule has 1 aliphatic carbocycles. The van der Waals surface area contributed by atoms with Crippen molar-refractivity contribution >= 4 is 17.5 Å². The fourth-order valence-electron chi connectivity index (χ4n) is 3.21. The van der Waals surface area contributed by atoms with Crippen molar-refractivity contribution in [3.05, 3.63) is 82.7 Å².